The van der Waals surface area contributed by atoms with Crippen molar-refractivity contribution in [2.75, 3.05) is 19.7 Å². The second kappa shape index (κ2) is 10.8. The van der Waals surface area contributed by atoms with Gasteiger partial charge >= 0.3 is 6.09 Å². The van der Waals surface area contributed by atoms with Crippen LogP contribution in [-0.4, -0.2) is 58.5 Å². The molecule has 1 saturated heterocycles. The molecule has 196 valence electrons. The molecule has 2 unspecified atom stereocenters. The first-order valence-corrected chi connectivity index (χ1v) is 12.4. The lowest BCUT2D eigenvalue weighted by atomic mass is 9.88. The minimum Gasteiger partial charge on any atom is -0.489 e. The number of alkyl carbamates (subject to hydrolysis) is 1. The van der Waals surface area contributed by atoms with Crippen molar-refractivity contribution in [3.05, 3.63) is 77.9 Å². The largest absolute Gasteiger partial charge is 0.489 e. The highest BCUT2D eigenvalue weighted by Gasteiger charge is 2.50. The fourth-order valence-electron chi connectivity index (χ4n) is 4.62. The number of amides is 2. The molecule has 1 fully saturated rings. The first-order chi connectivity index (χ1) is 17.6. The molecular formula is C29H34N2O6. The number of carbonyl (C=O) groups is 2. The second-order valence-electron chi connectivity index (χ2n) is 10.3. The summed E-state index contributed by atoms with van der Waals surface area (Å²) in [6.45, 7) is 5.46. The number of β-amino-alcohol motifs (C(OH)–C–C–N with tert-alkyl or cyclic N) is 1. The van der Waals surface area contributed by atoms with Crippen molar-refractivity contribution in [3.8, 4) is 5.75 Å². The van der Waals surface area contributed by atoms with Crippen molar-refractivity contribution in [1.29, 1.82) is 0 Å². The Kier molecular flexibility index (Phi) is 7.71. The SMILES string of the molecule is CC(C)(C)OC(=O)NC1(c2ccc(OCc3cccc4ccccc34)cc2)CCN(CC(O)CO)C1=O. The van der Waals surface area contributed by atoms with Gasteiger partial charge in [0.2, 0.25) is 0 Å². The summed E-state index contributed by atoms with van der Waals surface area (Å²) >= 11 is 0. The van der Waals surface area contributed by atoms with Crippen LogP contribution in [0.3, 0.4) is 0 Å². The van der Waals surface area contributed by atoms with Crippen LogP contribution in [0.25, 0.3) is 10.8 Å². The Bertz CT molecular complexity index is 1250. The molecule has 0 saturated carbocycles. The van der Waals surface area contributed by atoms with E-state index < -0.39 is 29.9 Å². The lowest BCUT2D eigenvalue weighted by Crippen LogP contribution is -2.53. The fraction of sp³-hybridized carbons (Fsp3) is 0.379. The van der Waals surface area contributed by atoms with Crippen LogP contribution in [0.2, 0.25) is 0 Å². The lowest BCUT2D eigenvalue weighted by molar-refractivity contribution is -0.135. The third-order valence-corrected chi connectivity index (χ3v) is 6.39. The summed E-state index contributed by atoms with van der Waals surface area (Å²) < 4.78 is 11.5. The summed E-state index contributed by atoms with van der Waals surface area (Å²) in [6, 6.07) is 21.3. The number of likely N-dealkylation sites (tertiary alicyclic amines) is 1. The molecule has 1 aliphatic rings. The number of hydrogen-bond acceptors (Lipinski definition) is 6. The number of rotatable bonds is 8. The van der Waals surface area contributed by atoms with Gasteiger partial charge in [0, 0.05) is 19.5 Å². The highest BCUT2D eigenvalue weighted by molar-refractivity contribution is 5.93. The highest BCUT2D eigenvalue weighted by atomic mass is 16.6. The Morgan fingerprint density at radius 3 is 2.49 bits per heavy atom. The standard InChI is InChI=1S/C29H34N2O6/c1-28(2,3)37-27(35)30-29(15-16-31(26(29)34)17-23(33)18-32)22-11-13-24(14-12-22)36-19-21-9-6-8-20-7-4-5-10-25(20)21/h4-14,23,32-33H,15-19H2,1-3H3,(H,30,35). The van der Waals surface area contributed by atoms with E-state index in [1.165, 1.54) is 4.90 Å². The number of aliphatic hydroxyl groups excluding tert-OH is 2. The molecular weight excluding hydrogens is 472 g/mol. The first-order valence-electron chi connectivity index (χ1n) is 12.4. The van der Waals surface area contributed by atoms with E-state index in [2.05, 4.69) is 23.5 Å². The van der Waals surface area contributed by atoms with Crippen LogP contribution in [0.1, 0.15) is 38.3 Å². The van der Waals surface area contributed by atoms with Crippen molar-refractivity contribution < 1.29 is 29.3 Å². The summed E-state index contributed by atoms with van der Waals surface area (Å²) in [5.74, 6) is 0.261. The van der Waals surface area contributed by atoms with Gasteiger partial charge in [-0.15, -0.1) is 0 Å². The van der Waals surface area contributed by atoms with E-state index in [0.29, 0.717) is 30.9 Å². The number of fused-ring (bicyclic) bond motifs is 1. The second-order valence-corrected chi connectivity index (χ2v) is 10.3. The normalized spacial score (nSPS) is 18.6. The van der Waals surface area contributed by atoms with Gasteiger partial charge in [0.15, 0.2) is 0 Å². The Morgan fingerprint density at radius 2 is 1.78 bits per heavy atom. The molecule has 1 aliphatic heterocycles. The number of benzene rings is 3. The van der Waals surface area contributed by atoms with E-state index in [0.717, 1.165) is 16.3 Å². The molecule has 0 bridgehead atoms. The third kappa shape index (κ3) is 6.03. The molecule has 3 N–H and O–H groups in total. The monoisotopic (exact) mass is 506 g/mol. The maximum Gasteiger partial charge on any atom is 0.408 e. The van der Waals surface area contributed by atoms with Crippen LogP contribution in [0.5, 0.6) is 5.75 Å². The van der Waals surface area contributed by atoms with E-state index in [9.17, 15) is 19.8 Å². The maximum absolute atomic E-state index is 13.5. The zero-order valence-corrected chi connectivity index (χ0v) is 21.4. The van der Waals surface area contributed by atoms with Gasteiger partial charge < -0.3 is 29.9 Å². The Hall–Kier alpha value is -3.62. The predicted molar refractivity (Wildman–Crippen MR) is 140 cm³/mol. The van der Waals surface area contributed by atoms with Crippen LogP contribution >= 0.6 is 0 Å². The molecule has 37 heavy (non-hydrogen) atoms. The molecule has 3 aromatic carbocycles. The van der Waals surface area contributed by atoms with Crippen LogP contribution < -0.4 is 10.1 Å². The average Bonchev–Trinajstić information content (AvgIpc) is 3.17. The number of aliphatic hydroxyl groups is 2. The van der Waals surface area contributed by atoms with E-state index in [1.807, 2.05) is 24.3 Å². The topological polar surface area (TPSA) is 108 Å². The molecule has 0 aromatic heterocycles. The van der Waals surface area contributed by atoms with E-state index in [-0.39, 0.29) is 12.5 Å². The Labute approximate surface area is 216 Å². The van der Waals surface area contributed by atoms with E-state index in [1.54, 1.807) is 45.0 Å². The van der Waals surface area contributed by atoms with Crippen molar-refractivity contribution in [3.63, 3.8) is 0 Å². The van der Waals surface area contributed by atoms with Gasteiger partial charge in [0.05, 0.1) is 12.7 Å². The molecule has 8 heteroatoms. The molecule has 2 amide bonds. The van der Waals surface area contributed by atoms with Crippen molar-refractivity contribution in [2.24, 2.45) is 0 Å². The minimum absolute atomic E-state index is 0.0285. The van der Waals surface area contributed by atoms with Crippen molar-refractivity contribution >= 4 is 22.8 Å². The minimum atomic E-state index is -1.36. The van der Waals surface area contributed by atoms with Crippen LogP contribution in [0.4, 0.5) is 4.79 Å². The first kappa shape index (κ1) is 26.4. The Morgan fingerprint density at radius 1 is 1.08 bits per heavy atom. The Balaban J connectivity index is 1.55. The number of carbonyl (C=O) groups excluding carboxylic acids is 2. The van der Waals surface area contributed by atoms with Crippen molar-refractivity contribution in [2.45, 2.75) is 51.0 Å². The number of nitrogens with one attached hydrogen (secondary N) is 1. The highest BCUT2D eigenvalue weighted by Crippen LogP contribution is 2.35. The van der Waals surface area contributed by atoms with Crippen molar-refractivity contribution in [1.82, 2.24) is 10.2 Å². The summed E-state index contributed by atoms with van der Waals surface area (Å²) in [5, 5.41) is 24.2. The van der Waals surface area contributed by atoms with Gasteiger partial charge in [-0.1, -0.05) is 54.6 Å². The molecule has 4 rings (SSSR count). The fourth-order valence-corrected chi connectivity index (χ4v) is 4.62. The molecule has 3 aromatic rings. The number of hydrogen-bond donors (Lipinski definition) is 3. The molecule has 0 radical (unpaired) electrons. The molecule has 2 atom stereocenters. The zero-order valence-electron chi connectivity index (χ0n) is 21.4. The van der Waals surface area contributed by atoms with Crippen LogP contribution in [0, 0.1) is 0 Å². The smallest absolute Gasteiger partial charge is 0.408 e. The molecule has 8 nitrogen and oxygen atoms in total. The predicted octanol–water partition coefficient (Wildman–Crippen LogP) is 3.72. The maximum atomic E-state index is 13.5. The van der Waals surface area contributed by atoms with Crippen LogP contribution in [0.15, 0.2) is 66.7 Å². The van der Waals surface area contributed by atoms with Gasteiger partial charge in [-0.05, 0) is 54.8 Å². The van der Waals surface area contributed by atoms with Gasteiger partial charge in [0.1, 0.15) is 23.5 Å². The van der Waals surface area contributed by atoms with Crippen LogP contribution in [-0.2, 0) is 21.7 Å². The quantitative estimate of drug-likeness (QED) is 0.430. The summed E-state index contributed by atoms with van der Waals surface area (Å²) in [4.78, 5) is 27.7. The number of nitrogens with zero attached hydrogens (tertiary/aromatic N) is 1. The average molecular weight is 507 g/mol. The molecule has 0 spiro atoms. The molecule has 0 aliphatic carbocycles. The van der Waals surface area contributed by atoms with Gasteiger partial charge in [-0.3, -0.25) is 4.79 Å². The zero-order chi connectivity index (χ0) is 26.6. The van der Waals surface area contributed by atoms with E-state index >= 15 is 0 Å². The van der Waals surface area contributed by atoms with E-state index in [4.69, 9.17) is 9.47 Å². The molecule has 1 heterocycles. The lowest BCUT2D eigenvalue weighted by Gasteiger charge is -2.31. The summed E-state index contributed by atoms with van der Waals surface area (Å²) in [6.07, 6.45) is -1.48. The summed E-state index contributed by atoms with van der Waals surface area (Å²) in [7, 11) is 0. The van der Waals surface area contributed by atoms with Gasteiger partial charge in [-0.2, -0.15) is 0 Å². The van der Waals surface area contributed by atoms with Gasteiger partial charge in [0.25, 0.3) is 5.91 Å². The third-order valence-electron chi connectivity index (χ3n) is 6.39. The number of ether oxygens (including phenoxy) is 2. The summed E-state index contributed by atoms with van der Waals surface area (Å²) in [5.41, 5.74) is -0.443. The van der Waals surface area contributed by atoms with Gasteiger partial charge in [-0.25, -0.2) is 4.79 Å².